The van der Waals surface area contributed by atoms with Crippen LogP contribution < -0.4 is 10.2 Å². The van der Waals surface area contributed by atoms with E-state index >= 15 is 0 Å². The van der Waals surface area contributed by atoms with Crippen LogP contribution in [0.5, 0.6) is 0 Å². The van der Waals surface area contributed by atoms with Gasteiger partial charge in [-0.25, -0.2) is 4.79 Å². The van der Waals surface area contributed by atoms with Crippen LogP contribution in [0.1, 0.15) is 40.5 Å². The van der Waals surface area contributed by atoms with Crippen molar-refractivity contribution >= 4 is 34.9 Å². The summed E-state index contributed by atoms with van der Waals surface area (Å²) in [5.41, 5.74) is 1.50. The first-order valence-corrected chi connectivity index (χ1v) is 9.01. The number of halogens is 1. The van der Waals surface area contributed by atoms with Crippen molar-refractivity contribution in [3.05, 3.63) is 58.6 Å². The minimum Gasteiger partial charge on any atom is -0.478 e. The summed E-state index contributed by atoms with van der Waals surface area (Å²) in [5, 5.41) is 12.6. The summed E-state index contributed by atoms with van der Waals surface area (Å²) in [5.74, 6) is -0.930. The maximum atomic E-state index is 12.4. The summed E-state index contributed by atoms with van der Waals surface area (Å²) in [4.78, 5) is 26.3. The summed E-state index contributed by atoms with van der Waals surface area (Å²) < 4.78 is 0. The molecule has 0 unspecified atom stereocenters. The molecule has 2 aromatic carbocycles. The molecule has 6 heteroatoms. The van der Waals surface area contributed by atoms with E-state index in [1.807, 2.05) is 6.07 Å². The molecular formula is C20H21ClN2O3. The Labute approximate surface area is 157 Å². The molecule has 0 bridgehead atoms. The highest BCUT2D eigenvalue weighted by Gasteiger charge is 2.20. The van der Waals surface area contributed by atoms with Gasteiger partial charge in [-0.2, -0.15) is 0 Å². The molecule has 1 atom stereocenters. The molecule has 0 spiro atoms. The number of rotatable bonds is 4. The second kappa shape index (κ2) is 7.79. The van der Waals surface area contributed by atoms with Crippen molar-refractivity contribution in [1.29, 1.82) is 0 Å². The molecule has 2 N–H and O–H groups in total. The van der Waals surface area contributed by atoms with E-state index in [0.29, 0.717) is 16.5 Å². The van der Waals surface area contributed by atoms with E-state index in [4.69, 9.17) is 11.6 Å². The Balaban J connectivity index is 1.86. The van der Waals surface area contributed by atoms with E-state index in [1.54, 1.807) is 36.4 Å². The second-order valence-electron chi connectivity index (χ2n) is 6.66. The largest absolute Gasteiger partial charge is 0.478 e. The predicted molar refractivity (Wildman–Crippen MR) is 103 cm³/mol. The summed E-state index contributed by atoms with van der Waals surface area (Å²) in [6.45, 7) is 4.02. The van der Waals surface area contributed by atoms with Crippen LogP contribution in [0.2, 0.25) is 5.02 Å². The zero-order valence-corrected chi connectivity index (χ0v) is 15.3. The monoisotopic (exact) mass is 372 g/mol. The van der Waals surface area contributed by atoms with Gasteiger partial charge in [0.25, 0.3) is 5.91 Å². The fraction of sp³-hybridized carbons (Fsp3) is 0.300. The number of anilines is 2. The lowest BCUT2D eigenvalue weighted by Crippen LogP contribution is -2.34. The lowest BCUT2D eigenvalue weighted by molar-refractivity contribution is 0.0698. The molecule has 0 aliphatic carbocycles. The average molecular weight is 373 g/mol. The Hall–Kier alpha value is -2.53. The molecule has 1 heterocycles. The lowest BCUT2D eigenvalue weighted by Gasteiger charge is -2.33. The van der Waals surface area contributed by atoms with Gasteiger partial charge in [-0.1, -0.05) is 30.7 Å². The maximum absolute atomic E-state index is 12.4. The number of benzene rings is 2. The van der Waals surface area contributed by atoms with E-state index in [1.165, 1.54) is 6.42 Å². The molecule has 26 heavy (non-hydrogen) atoms. The van der Waals surface area contributed by atoms with Gasteiger partial charge in [0.05, 0.1) is 21.8 Å². The average Bonchev–Trinajstić information content (AvgIpc) is 2.62. The molecule has 3 rings (SSSR count). The second-order valence-corrected chi connectivity index (χ2v) is 7.07. The van der Waals surface area contributed by atoms with Crippen LogP contribution in [0.15, 0.2) is 42.5 Å². The fourth-order valence-corrected chi connectivity index (χ4v) is 3.50. The quantitative estimate of drug-likeness (QED) is 0.827. The van der Waals surface area contributed by atoms with E-state index in [9.17, 15) is 14.7 Å². The van der Waals surface area contributed by atoms with Crippen LogP contribution in [-0.2, 0) is 0 Å². The van der Waals surface area contributed by atoms with E-state index in [-0.39, 0.29) is 11.3 Å². The molecule has 1 aliphatic rings. The molecule has 1 fully saturated rings. The zero-order valence-electron chi connectivity index (χ0n) is 14.5. The molecule has 1 amide bonds. The number of nitrogens with one attached hydrogen (secondary N) is 1. The molecule has 2 aromatic rings. The van der Waals surface area contributed by atoms with Gasteiger partial charge in [-0.15, -0.1) is 0 Å². The molecule has 1 aliphatic heterocycles. The number of nitrogens with zero attached hydrogens (tertiary/aromatic N) is 1. The minimum absolute atomic E-state index is 0.0705. The summed E-state index contributed by atoms with van der Waals surface area (Å²) in [6.07, 6.45) is 2.28. The van der Waals surface area contributed by atoms with Crippen molar-refractivity contribution < 1.29 is 14.7 Å². The Morgan fingerprint density at radius 1 is 1.19 bits per heavy atom. The van der Waals surface area contributed by atoms with Gasteiger partial charge in [0.2, 0.25) is 0 Å². The molecular weight excluding hydrogens is 352 g/mol. The third kappa shape index (κ3) is 3.99. The van der Waals surface area contributed by atoms with Gasteiger partial charge in [0.1, 0.15) is 0 Å². The molecule has 0 aromatic heterocycles. The van der Waals surface area contributed by atoms with Crippen molar-refractivity contribution in [2.75, 3.05) is 23.3 Å². The fourth-order valence-electron chi connectivity index (χ4n) is 3.27. The number of carboxylic acid groups (broad SMARTS) is 1. The highest BCUT2D eigenvalue weighted by atomic mass is 35.5. The number of aromatic carboxylic acids is 1. The SMILES string of the molecule is C[C@H]1CCCN(c2ccc(NC(=O)c3ccccc3Cl)c(C(=O)O)c2)C1. The molecule has 1 saturated heterocycles. The van der Waals surface area contributed by atoms with Crippen LogP contribution >= 0.6 is 11.6 Å². The van der Waals surface area contributed by atoms with Gasteiger partial charge in [-0.3, -0.25) is 4.79 Å². The van der Waals surface area contributed by atoms with Crippen LogP contribution in [0.25, 0.3) is 0 Å². The zero-order chi connectivity index (χ0) is 18.7. The number of hydrogen-bond acceptors (Lipinski definition) is 3. The first-order valence-electron chi connectivity index (χ1n) is 8.64. The standard InChI is InChI=1S/C20H21ClN2O3/c1-13-5-4-10-23(12-13)14-8-9-18(16(11-14)20(25)26)22-19(24)15-6-2-3-7-17(15)21/h2-3,6-9,11,13H,4-5,10,12H2,1H3,(H,22,24)(H,25,26)/t13-/m0/s1. The smallest absolute Gasteiger partial charge is 0.337 e. The Bertz CT molecular complexity index is 838. The Morgan fingerprint density at radius 3 is 2.65 bits per heavy atom. The summed E-state index contributed by atoms with van der Waals surface area (Å²) >= 11 is 6.04. The van der Waals surface area contributed by atoms with E-state index in [0.717, 1.165) is 25.2 Å². The molecule has 136 valence electrons. The number of amides is 1. The van der Waals surface area contributed by atoms with E-state index < -0.39 is 11.9 Å². The first kappa shape index (κ1) is 18.3. The highest BCUT2D eigenvalue weighted by molar-refractivity contribution is 6.34. The number of piperidine rings is 1. The summed E-state index contributed by atoms with van der Waals surface area (Å²) in [6, 6.07) is 11.8. The first-order chi connectivity index (χ1) is 12.5. The number of carbonyl (C=O) groups is 2. The van der Waals surface area contributed by atoms with Gasteiger partial charge in [0, 0.05) is 18.8 Å². The van der Waals surface area contributed by atoms with Gasteiger partial charge < -0.3 is 15.3 Å². The van der Waals surface area contributed by atoms with Gasteiger partial charge in [-0.05, 0) is 49.1 Å². The molecule has 5 nitrogen and oxygen atoms in total. The minimum atomic E-state index is -1.08. The highest BCUT2D eigenvalue weighted by Crippen LogP contribution is 2.28. The van der Waals surface area contributed by atoms with Crippen LogP contribution in [0.3, 0.4) is 0 Å². The van der Waals surface area contributed by atoms with Crippen molar-refractivity contribution in [3.8, 4) is 0 Å². The van der Waals surface area contributed by atoms with Crippen molar-refractivity contribution in [2.45, 2.75) is 19.8 Å². The van der Waals surface area contributed by atoms with Crippen molar-refractivity contribution in [1.82, 2.24) is 0 Å². The topological polar surface area (TPSA) is 69.6 Å². The normalized spacial score (nSPS) is 17.0. The predicted octanol–water partition coefficient (Wildman–Crippen LogP) is 4.53. The Kier molecular flexibility index (Phi) is 5.47. The van der Waals surface area contributed by atoms with Crippen molar-refractivity contribution in [3.63, 3.8) is 0 Å². The molecule has 0 saturated carbocycles. The van der Waals surface area contributed by atoms with E-state index in [2.05, 4.69) is 17.1 Å². The van der Waals surface area contributed by atoms with Crippen LogP contribution in [0, 0.1) is 5.92 Å². The van der Waals surface area contributed by atoms with Crippen molar-refractivity contribution in [2.24, 2.45) is 5.92 Å². The lowest BCUT2D eigenvalue weighted by atomic mass is 9.99. The number of hydrogen-bond donors (Lipinski definition) is 2. The van der Waals surface area contributed by atoms with Gasteiger partial charge in [0.15, 0.2) is 0 Å². The molecule has 0 radical (unpaired) electrons. The van der Waals surface area contributed by atoms with Crippen LogP contribution in [0.4, 0.5) is 11.4 Å². The third-order valence-electron chi connectivity index (χ3n) is 4.62. The van der Waals surface area contributed by atoms with Gasteiger partial charge >= 0.3 is 5.97 Å². The number of carbonyl (C=O) groups excluding carboxylic acids is 1. The number of carboxylic acids is 1. The third-order valence-corrected chi connectivity index (χ3v) is 4.95. The van der Waals surface area contributed by atoms with Crippen LogP contribution in [-0.4, -0.2) is 30.1 Å². The Morgan fingerprint density at radius 2 is 1.96 bits per heavy atom. The maximum Gasteiger partial charge on any atom is 0.337 e. The summed E-state index contributed by atoms with van der Waals surface area (Å²) in [7, 11) is 0.